The van der Waals surface area contributed by atoms with Gasteiger partial charge in [0.05, 0.1) is 18.4 Å². The van der Waals surface area contributed by atoms with Gasteiger partial charge >= 0.3 is 0 Å². The molecule has 4 rings (SSSR count). The minimum Gasteiger partial charge on any atom is -0.496 e. The average molecular weight is 341 g/mol. The van der Waals surface area contributed by atoms with E-state index in [0.717, 1.165) is 43.8 Å². The van der Waals surface area contributed by atoms with E-state index < -0.39 is 5.60 Å². The van der Waals surface area contributed by atoms with Gasteiger partial charge in [-0.2, -0.15) is 5.10 Å². The first kappa shape index (κ1) is 16.6. The van der Waals surface area contributed by atoms with Crippen molar-refractivity contribution >= 4 is 0 Å². The number of aryl methyl sites for hydroxylation is 1. The van der Waals surface area contributed by atoms with Crippen LogP contribution in [0.3, 0.4) is 0 Å². The molecule has 134 valence electrons. The van der Waals surface area contributed by atoms with Crippen molar-refractivity contribution in [3.63, 3.8) is 0 Å². The van der Waals surface area contributed by atoms with Crippen LogP contribution in [0.5, 0.6) is 5.75 Å². The van der Waals surface area contributed by atoms with E-state index in [1.807, 2.05) is 42.2 Å². The van der Waals surface area contributed by atoms with Crippen LogP contribution >= 0.6 is 0 Å². The number of methoxy groups -OCH3 is 1. The largest absolute Gasteiger partial charge is 0.496 e. The Kier molecular flexibility index (Phi) is 4.29. The van der Waals surface area contributed by atoms with Gasteiger partial charge in [0, 0.05) is 44.4 Å². The van der Waals surface area contributed by atoms with E-state index in [2.05, 4.69) is 16.1 Å². The summed E-state index contributed by atoms with van der Waals surface area (Å²) in [7, 11) is 3.68. The molecule has 1 aliphatic heterocycles. The number of likely N-dealkylation sites (tertiary alicyclic amines) is 1. The number of benzene rings is 1. The molecule has 0 amide bonds. The highest BCUT2D eigenvalue weighted by Crippen LogP contribution is 2.50. The van der Waals surface area contributed by atoms with Crippen LogP contribution in [0.4, 0.5) is 0 Å². The normalized spacial score (nSPS) is 29.6. The fourth-order valence-corrected chi connectivity index (χ4v) is 4.86. The standard InChI is InChI=1S/C20H27N3O2/c1-22-16(9-11-21-22)13-23-12-15-6-5-10-20(24,18(15)14-23)17-7-3-4-8-19(17)25-2/h3-4,7-9,11,15,18,24H,5-6,10,12-14H2,1-2H3/t15-,18-,20+/m0/s1. The van der Waals surface area contributed by atoms with E-state index in [0.29, 0.717) is 5.92 Å². The molecule has 0 bridgehead atoms. The molecule has 5 nitrogen and oxygen atoms in total. The maximum atomic E-state index is 11.7. The molecule has 2 aliphatic rings. The molecule has 1 aliphatic carbocycles. The fourth-order valence-electron chi connectivity index (χ4n) is 4.86. The minimum absolute atomic E-state index is 0.255. The van der Waals surface area contributed by atoms with Crippen molar-refractivity contribution in [2.45, 2.75) is 31.4 Å². The van der Waals surface area contributed by atoms with E-state index in [1.165, 1.54) is 12.1 Å². The molecule has 1 aromatic carbocycles. The summed E-state index contributed by atoms with van der Waals surface area (Å²) in [4.78, 5) is 2.47. The summed E-state index contributed by atoms with van der Waals surface area (Å²) in [6.07, 6.45) is 4.93. The molecule has 1 saturated carbocycles. The second-order valence-corrected chi connectivity index (χ2v) is 7.52. The van der Waals surface area contributed by atoms with E-state index >= 15 is 0 Å². The summed E-state index contributed by atoms with van der Waals surface area (Å²) >= 11 is 0. The van der Waals surface area contributed by atoms with Gasteiger partial charge < -0.3 is 9.84 Å². The summed E-state index contributed by atoms with van der Waals surface area (Å²) in [6, 6.07) is 10.0. The molecular weight excluding hydrogens is 314 g/mol. The van der Waals surface area contributed by atoms with Gasteiger partial charge in [0.1, 0.15) is 5.75 Å². The first-order chi connectivity index (χ1) is 12.1. The van der Waals surface area contributed by atoms with E-state index in [4.69, 9.17) is 4.74 Å². The lowest BCUT2D eigenvalue weighted by Crippen LogP contribution is -2.43. The van der Waals surface area contributed by atoms with Gasteiger partial charge in [-0.25, -0.2) is 0 Å². The molecule has 1 N–H and O–H groups in total. The molecule has 0 radical (unpaired) electrons. The first-order valence-electron chi connectivity index (χ1n) is 9.17. The van der Waals surface area contributed by atoms with Gasteiger partial charge in [-0.05, 0) is 37.3 Å². The van der Waals surface area contributed by atoms with E-state index in [1.54, 1.807) is 7.11 Å². The molecule has 25 heavy (non-hydrogen) atoms. The third-order valence-corrected chi connectivity index (χ3v) is 6.14. The average Bonchev–Trinajstić information content (AvgIpc) is 3.22. The molecule has 3 atom stereocenters. The summed E-state index contributed by atoms with van der Waals surface area (Å²) in [5.74, 6) is 1.60. The zero-order chi connectivity index (χ0) is 17.4. The van der Waals surface area contributed by atoms with Crippen LogP contribution in [0.1, 0.15) is 30.5 Å². The number of para-hydroxylation sites is 1. The minimum atomic E-state index is -0.795. The fraction of sp³-hybridized carbons (Fsp3) is 0.550. The van der Waals surface area contributed by atoms with Crippen molar-refractivity contribution in [2.75, 3.05) is 20.2 Å². The van der Waals surface area contributed by atoms with Gasteiger partial charge in [0.15, 0.2) is 0 Å². The Labute approximate surface area is 149 Å². The van der Waals surface area contributed by atoms with E-state index in [9.17, 15) is 5.11 Å². The van der Waals surface area contributed by atoms with Crippen molar-refractivity contribution in [1.82, 2.24) is 14.7 Å². The number of aliphatic hydroxyl groups is 1. The SMILES string of the molecule is COc1ccccc1[C@]1(O)CCC[C@H]2CN(Cc3ccnn3C)C[C@@H]21. The van der Waals surface area contributed by atoms with Gasteiger partial charge in [0.25, 0.3) is 0 Å². The summed E-state index contributed by atoms with van der Waals surface area (Å²) in [5, 5.41) is 16.0. The Morgan fingerprint density at radius 3 is 2.88 bits per heavy atom. The van der Waals surface area contributed by atoms with Crippen LogP contribution in [-0.4, -0.2) is 40.0 Å². The van der Waals surface area contributed by atoms with Crippen molar-refractivity contribution < 1.29 is 9.84 Å². The maximum absolute atomic E-state index is 11.7. The third kappa shape index (κ3) is 2.85. The number of fused-ring (bicyclic) bond motifs is 1. The van der Waals surface area contributed by atoms with Crippen LogP contribution < -0.4 is 4.74 Å². The lowest BCUT2D eigenvalue weighted by Gasteiger charge is -2.42. The number of hydrogen-bond acceptors (Lipinski definition) is 4. The highest BCUT2D eigenvalue weighted by atomic mass is 16.5. The molecule has 1 aromatic heterocycles. The molecular formula is C20H27N3O2. The lowest BCUT2D eigenvalue weighted by molar-refractivity contribution is -0.0662. The number of hydrogen-bond donors (Lipinski definition) is 1. The summed E-state index contributed by atoms with van der Waals surface area (Å²) in [6.45, 7) is 2.86. The van der Waals surface area contributed by atoms with E-state index in [-0.39, 0.29) is 5.92 Å². The Hall–Kier alpha value is -1.85. The van der Waals surface area contributed by atoms with Crippen LogP contribution in [0.15, 0.2) is 36.5 Å². The molecule has 0 spiro atoms. The quantitative estimate of drug-likeness (QED) is 0.928. The molecule has 2 heterocycles. The third-order valence-electron chi connectivity index (χ3n) is 6.14. The van der Waals surface area contributed by atoms with Crippen LogP contribution in [0.25, 0.3) is 0 Å². The number of ether oxygens (including phenoxy) is 1. The molecule has 2 fully saturated rings. The Balaban J connectivity index is 1.60. The van der Waals surface area contributed by atoms with Crippen molar-refractivity contribution in [3.8, 4) is 5.75 Å². The van der Waals surface area contributed by atoms with Crippen LogP contribution in [-0.2, 0) is 19.2 Å². The topological polar surface area (TPSA) is 50.5 Å². The van der Waals surface area contributed by atoms with Gasteiger partial charge in [0.2, 0.25) is 0 Å². The summed E-state index contributed by atoms with van der Waals surface area (Å²) < 4.78 is 7.49. The molecule has 5 heteroatoms. The highest BCUT2D eigenvalue weighted by molar-refractivity contribution is 5.39. The Morgan fingerprint density at radius 2 is 2.12 bits per heavy atom. The monoisotopic (exact) mass is 341 g/mol. The lowest BCUT2D eigenvalue weighted by atomic mass is 9.67. The van der Waals surface area contributed by atoms with Crippen molar-refractivity contribution in [2.24, 2.45) is 18.9 Å². The Morgan fingerprint density at radius 1 is 1.28 bits per heavy atom. The van der Waals surface area contributed by atoms with Crippen molar-refractivity contribution in [3.05, 3.63) is 47.8 Å². The molecule has 0 unspecified atom stereocenters. The van der Waals surface area contributed by atoms with Gasteiger partial charge in [-0.1, -0.05) is 18.2 Å². The van der Waals surface area contributed by atoms with Crippen LogP contribution in [0, 0.1) is 11.8 Å². The second kappa shape index (κ2) is 6.46. The predicted molar refractivity (Wildman–Crippen MR) is 96.2 cm³/mol. The number of rotatable bonds is 4. The zero-order valence-corrected chi connectivity index (χ0v) is 15.1. The van der Waals surface area contributed by atoms with Gasteiger partial charge in [-0.15, -0.1) is 0 Å². The maximum Gasteiger partial charge on any atom is 0.124 e. The first-order valence-corrected chi connectivity index (χ1v) is 9.17. The Bertz CT molecular complexity index is 744. The highest BCUT2D eigenvalue weighted by Gasteiger charge is 2.50. The second-order valence-electron chi connectivity index (χ2n) is 7.52. The zero-order valence-electron chi connectivity index (χ0n) is 15.1. The molecule has 2 aromatic rings. The van der Waals surface area contributed by atoms with Crippen molar-refractivity contribution in [1.29, 1.82) is 0 Å². The number of nitrogens with zero attached hydrogens (tertiary/aromatic N) is 3. The predicted octanol–water partition coefficient (Wildman–Crippen LogP) is 2.55. The smallest absolute Gasteiger partial charge is 0.124 e. The summed E-state index contributed by atoms with van der Waals surface area (Å²) in [5.41, 5.74) is 1.38. The number of aromatic nitrogens is 2. The van der Waals surface area contributed by atoms with Gasteiger partial charge in [-0.3, -0.25) is 9.58 Å². The molecule has 1 saturated heterocycles. The van der Waals surface area contributed by atoms with Crippen LogP contribution in [0.2, 0.25) is 0 Å².